The van der Waals surface area contributed by atoms with Crippen molar-refractivity contribution in [3.05, 3.63) is 0 Å². The SMILES string of the molecule is CNC1CCC2CN(C(=O)OC(C)(C)C)CC2C1. The molecule has 1 saturated carbocycles. The van der Waals surface area contributed by atoms with E-state index in [1.165, 1.54) is 19.3 Å². The zero-order valence-electron chi connectivity index (χ0n) is 12.0. The van der Waals surface area contributed by atoms with E-state index in [0.29, 0.717) is 17.9 Å². The number of hydrogen-bond acceptors (Lipinski definition) is 3. The van der Waals surface area contributed by atoms with Crippen LogP contribution in [-0.4, -0.2) is 42.8 Å². The predicted molar refractivity (Wildman–Crippen MR) is 71.5 cm³/mol. The fourth-order valence-electron chi connectivity index (χ4n) is 3.17. The van der Waals surface area contributed by atoms with Crippen LogP contribution in [0.25, 0.3) is 0 Å². The molecule has 3 atom stereocenters. The van der Waals surface area contributed by atoms with Crippen LogP contribution in [0.4, 0.5) is 4.79 Å². The molecule has 2 aliphatic rings. The first-order valence-corrected chi connectivity index (χ1v) is 7.04. The van der Waals surface area contributed by atoms with Crippen molar-refractivity contribution in [1.82, 2.24) is 10.2 Å². The van der Waals surface area contributed by atoms with E-state index in [9.17, 15) is 4.79 Å². The number of amides is 1. The topological polar surface area (TPSA) is 41.6 Å². The summed E-state index contributed by atoms with van der Waals surface area (Å²) < 4.78 is 5.45. The first kappa shape index (κ1) is 13.7. The Morgan fingerprint density at radius 3 is 2.50 bits per heavy atom. The lowest BCUT2D eigenvalue weighted by molar-refractivity contribution is 0.0284. The average Bonchev–Trinajstić information content (AvgIpc) is 2.69. The molecule has 2 fully saturated rings. The molecule has 3 unspecified atom stereocenters. The molecule has 1 amide bonds. The molecule has 4 heteroatoms. The summed E-state index contributed by atoms with van der Waals surface area (Å²) in [4.78, 5) is 13.9. The maximum Gasteiger partial charge on any atom is 0.410 e. The van der Waals surface area contributed by atoms with Crippen LogP contribution < -0.4 is 5.32 Å². The van der Waals surface area contributed by atoms with Crippen LogP contribution >= 0.6 is 0 Å². The van der Waals surface area contributed by atoms with Gasteiger partial charge in [-0.1, -0.05) is 0 Å². The van der Waals surface area contributed by atoms with Crippen molar-refractivity contribution >= 4 is 6.09 Å². The van der Waals surface area contributed by atoms with Gasteiger partial charge in [0.05, 0.1) is 0 Å². The number of carbonyl (C=O) groups is 1. The van der Waals surface area contributed by atoms with Crippen LogP contribution in [0.2, 0.25) is 0 Å². The van der Waals surface area contributed by atoms with Crippen LogP contribution in [0.5, 0.6) is 0 Å². The minimum absolute atomic E-state index is 0.141. The van der Waals surface area contributed by atoms with E-state index >= 15 is 0 Å². The number of likely N-dealkylation sites (tertiary alicyclic amines) is 1. The van der Waals surface area contributed by atoms with Gasteiger partial charge in [0.1, 0.15) is 5.60 Å². The Balaban J connectivity index is 1.90. The second kappa shape index (κ2) is 5.08. The summed E-state index contributed by atoms with van der Waals surface area (Å²) in [6.07, 6.45) is 3.52. The summed E-state index contributed by atoms with van der Waals surface area (Å²) in [6.45, 7) is 7.52. The summed E-state index contributed by atoms with van der Waals surface area (Å²) in [7, 11) is 2.03. The lowest BCUT2D eigenvalue weighted by Gasteiger charge is -2.30. The predicted octanol–water partition coefficient (Wildman–Crippen LogP) is 2.24. The smallest absolute Gasteiger partial charge is 0.410 e. The van der Waals surface area contributed by atoms with Crippen LogP contribution in [-0.2, 0) is 4.74 Å². The Morgan fingerprint density at radius 1 is 1.22 bits per heavy atom. The molecular weight excluding hydrogens is 228 g/mol. The number of nitrogens with zero attached hydrogens (tertiary/aromatic N) is 1. The molecule has 2 rings (SSSR count). The van der Waals surface area contributed by atoms with Gasteiger partial charge < -0.3 is 15.0 Å². The summed E-state index contributed by atoms with van der Waals surface area (Å²) in [5.74, 6) is 1.34. The van der Waals surface area contributed by atoms with E-state index < -0.39 is 5.60 Å². The lowest BCUT2D eigenvalue weighted by atomic mass is 9.79. The molecule has 4 nitrogen and oxygen atoms in total. The molecule has 18 heavy (non-hydrogen) atoms. The molecule has 0 bridgehead atoms. The highest BCUT2D eigenvalue weighted by Crippen LogP contribution is 2.36. The van der Waals surface area contributed by atoms with Gasteiger partial charge in [-0.3, -0.25) is 0 Å². The molecule has 1 aliphatic heterocycles. The molecule has 104 valence electrons. The quantitative estimate of drug-likeness (QED) is 0.780. The summed E-state index contributed by atoms with van der Waals surface area (Å²) >= 11 is 0. The molecule has 0 aromatic rings. The van der Waals surface area contributed by atoms with Gasteiger partial charge in [0, 0.05) is 19.1 Å². The van der Waals surface area contributed by atoms with E-state index in [-0.39, 0.29) is 6.09 Å². The van der Waals surface area contributed by atoms with Gasteiger partial charge in [-0.15, -0.1) is 0 Å². The van der Waals surface area contributed by atoms with Gasteiger partial charge in [0.15, 0.2) is 0 Å². The van der Waals surface area contributed by atoms with E-state index in [1.54, 1.807) is 0 Å². The Morgan fingerprint density at radius 2 is 1.89 bits per heavy atom. The normalized spacial score (nSPS) is 32.2. The number of carbonyl (C=O) groups excluding carboxylic acids is 1. The highest BCUT2D eigenvalue weighted by atomic mass is 16.6. The zero-order chi connectivity index (χ0) is 13.3. The molecule has 1 heterocycles. The number of nitrogens with one attached hydrogen (secondary N) is 1. The second-order valence-corrected chi connectivity index (χ2v) is 6.70. The third kappa shape index (κ3) is 3.16. The minimum atomic E-state index is -0.391. The van der Waals surface area contributed by atoms with Crippen molar-refractivity contribution in [2.45, 2.75) is 51.7 Å². The molecule has 1 N–H and O–H groups in total. The van der Waals surface area contributed by atoms with Gasteiger partial charge in [0.2, 0.25) is 0 Å². The summed E-state index contributed by atoms with van der Waals surface area (Å²) in [5.41, 5.74) is -0.391. The van der Waals surface area contributed by atoms with Crippen molar-refractivity contribution in [3.63, 3.8) is 0 Å². The third-order valence-corrected chi connectivity index (χ3v) is 4.11. The van der Waals surface area contributed by atoms with Gasteiger partial charge in [-0.25, -0.2) is 4.79 Å². The van der Waals surface area contributed by atoms with Crippen LogP contribution in [0.15, 0.2) is 0 Å². The van der Waals surface area contributed by atoms with Gasteiger partial charge in [0.25, 0.3) is 0 Å². The maximum atomic E-state index is 12.0. The number of hydrogen-bond donors (Lipinski definition) is 1. The molecule has 0 radical (unpaired) electrons. The Labute approximate surface area is 110 Å². The number of fused-ring (bicyclic) bond motifs is 1. The van der Waals surface area contributed by atoms with Crippen molar-refractivity contribution in [2.75, 3.05) is 20.1 Å². The van der Waals surface area contributed by atoms with Crippen molar-refractivity contribution in [2.24, 2.45) is 11.8 Å². The molecule has 0 spiro atoms. The van der Waals surface area contributed by atoms with Crippen LogP contribution in [0.1, 0.15) is 40.0 Å². The summed E-state index contributed by atoms with van der Waals surface area (Å²) in [5, 5.41) is 3.36. The molecule has 0 aromatic carbocycles. The largest absolute Gasteiger partial charge is 0.444 e. The van der Waals surface area contributed by atoms with E-state index in [2.05, 4.69) is 5.32 Å². The number of rotatable bonds is 1. The van der Waals surface area contributed by atoms with Crippen LogP contribution in [0, 0.1) is 11.8 Å². The summed E-state index contributed by atoms with van der Waals surface area (Å²) in [6, 6.07) is 0.629. The highest BCUT2D eigenvalue weighted by molar-refractivity contribution is 5.68. The monoisotopic (exact) mass is 254 g/mol. The van der Waals surface area contributed by atoms with Crippen molar-refractivity contribution in [3.8, 4) is 0 Å². The highest BCUT2D eigenvalue weighted by Gasteiger charge is 2.40. The van der Waals surface area contributed by atoms with E-state index in [0.717, 1.165) is 13.1 Å². The first-order valence-electron chi connectivity index (χ1n) is 7.04. The van der Waals surface area contributed by atoms with Gasteiger partial charge in [-0.2, -0.15) is 0 Å². The standard InChI is InChI=1S/C14H26N2O2/c1-14(2,3)18-13(17)16-8-10-5-6-12(15-4)7-11(10)9-16/h10-12,15H,5-9H2,1-4H3. The fourth-order valence-corrected chi connectivity index (χ4v) is 3.17. The van der Waals surface area contributed by atoms with E-state index in [4.69, 9.17) is 4.74 Å². The van der Waals surface area contributed by atoms with E-state index in [1.807, 2.05) is 32.7 Å². The van der Waals surface area contributed by atoms with Crippen molar-refractivity contribution in [1.29, 1.82) is 0 Å². The molecule has 1 aliphatic carbocycles. The van der Waals surface area contributed by atoms with Crippen LogP contribution in [0.3, 0.4) is 0 Å². The molecule has 0 aromatic heterocycles. The first-order chi connectivity index (χ1) is 8.39. The Bertz CT molecular complexity index is 311. The zero-order valence-corrected chi connectivity index (χ0v) is 12.0. The molecular formula is C14H26N2O2. The fraction of sp³-hybridized carbons (Fsp3) is 0.929. The molecule has 1 saturated heterocycles. The maximum absolute atomic E-state index is 12.0. The second-order valence-electron chi connectivity index (χ2n) is 6.70. The van der Waals surface area contributed by atoms with Gasteiger partial charge >= 0.3 is 6.09 Å². The van der Waals surface area contributed by atoms with Gasteiger partial charge in [-0.05, 0) is 58.9 Å². The average molecular weight is 254 g/mol. The number of ether oxygens (including phenoxy) is 1. The van der Waals surface area contributed by atoms with Crippen molar-refractivity contribution < 1.29 is 9.53 Å². The third-order valence-electron chi connectivity index (χ3n) is 4.11. The lowest BCUT2D eigenvalue weighted by Crippen LogP contribution is -2.36. The minimum Gasteiger partial charge on any atom is -0.444 e. The Kier molecular flexibility index (Phi) is 3.85. The Hall–Kier alpha value is -0.770.